The quantitative estimate of drug-likeness (QED) is 0.528. The molecular formula is C21H24ClN3O4. The SMILES string of the molecule is COc1cc(/C=N\NC(=O)CN2CCOCC2)ccc1OCc1ccccc1Cl. The molecule has 2 aromatic rings. The standard InChI is InChI=1S/C21H24ClN3O4/c1-27-20-12-16(13-23-24-21(26)14-25-8-10-28-11-9-25)6-7-19(20)29-15-17-4-2-3-5-18(17)22/h2-7,12-13H,8-11,14-15H2,1H3,(H,24,26)/b23-13-. The molecule has 0 radical (unpaired) electrons. The highest BCUT2D eigenvalue weighted by Gasteiger charge is 2.13. The summed E-state index contributed by atoms with van der Waals surface area (Å²) in [6.45, 7) is 3.45. The highest BCUT2D eigenvalue weighted by atomic mass is 35.5. The van der Waals surface area contributed by atoms with Crippen LogP contribution in [0.25, 0.3) is 0 Å². The van der Waals surface area contributed by atoms with E-state index in [4.69, 9.17) is 25.8 Å². The summed E-state index contributed by atoms with van der Waals surface area (Å²) in [5.74, 6) is 1.01. The lowest BCUT2D eigenvalue weighted by atomic mass is 10.2. The first kappa shape index (κ1) is 21.1. The summed E-state index contributed by atoms with van der Waals surface area (Å²) < 4.78 is 16.5. The molecule has 29 heavy (non-hydrogen) atoms. The van der Waals surface area contributed by atoms with Crippen LogP contribution in [0, 0.1) is 0 Å². The Labute approximate surface area is 175 Å². The second-order valence-electron chi connectivity index (χ2n) is 6.47. The van der Waals surface area contributed by atoms with Crippen LogP contribution in [-0.4, -0.2) is 57.0 Å². The second kappa shape index (κ2) is 10.8. The van der Waals surface area contributed by atoms with E-state index in [2.05, 4.69) is 10.5 Å². The van der Waals surface area contributed by atoms with Gasteiger partial charge in [0, 0.05) is 23.7 Å². The van der Waals surface area contributed by atoms with Gasteiger partial charge in [-0.3, -0.25) is 9.69 Å². The molecule has 0 unspecified atom stereocenters. The average molecular weight is 418 g/mol. The number of carbonyl (C=O) groups excluding carboxylic acids is 1. The van der Waals surface area contributed by atoms with E-state index in [1.165, 1.54) is 0 Å². The van der Waals surface area contributed by atoms with E-state index in [0.717, 1.165) is 24.2 Å². The van der Waals surface area contributed by atoms with Gasteiger partial charge in [-0.05, 0) is 29.8 Å². The van der Waals surface area contributed by atoms with Crippen LogP contribution in [0.15, 0.2) is 47.6 Å². The van der Waals surface area contributed by atoms with Crippen molar-refractivity contribution in [2.75, 3.05) is 40.0 Å². The fourth-order valence-corrected chi connectivity index (χ4v) is 3.02. The molecule has 1 aliphatic rings. The van der Waals surface area contributed by atoms with Gasteiger partial charge < -0.3 is 14.2 Å². The summed E-state index contributed by atoms with van der Waals surface area (Å²) in [5, 5.41) is 4.68. The maximum absolute atomic E-state index is 12.0. The van der Waals surface area contributed by atoms with Crippen LogP contribution >= 0.6 is 11.6 Å². The molecule has 1 aliphatic heterocycles. The molecule has 1 N–H and O–H groups in total. The monoisotopic (exact) mass is 417 g/mol. The van der Waals surface area contributed by atoms with Crippen LogP contribution in [0.5, 0.6) is 11.5 Å². The lowest BCUT2D eigenvalue weighted by molar-refractivity contribution is -0.123. The van der Waals surface area contributed by atoms with E-state index in [-0.39, 0.29) is 5.91 Å². The van der Waals surface area contributed by atoms with Crippen molar-refractivity contribution in [1.82, 2.24) is 10.3 Å². The summed E-state index contributed by atoms with van der Waals surface area (Å²) in [5.41, 5.74) is 4.21. The van der Waals surface area contributed by atoms with Crippen molar-refractivity contribution in [3.8, 4) is 11.5 Å². The average Bonchev–Trinajstić information content (AvgIpc) is 2.74. The van der Waals surface area contributed by atoms with Crippen LogP contribution in [0.2, 0.25) is 5.02 Å². The fourth-order valence-electron chi connectivity index (χ4n) is 2.83. The minimum Gasteiger partial charge on any atom is -0.493 e. The first-order valence-corrected chi connectivity index (χ1v) is 9.70. The summed E-state index contributed by atoms with van der Waals surface area (Å²) in [6, 6.07) is 12.9. The highest BCUT2D eigenvalue weighted by Crippen LogP contribution is 2.29. The van der Waals surface area contributed by atoms with Crippen molar-refractivity contribution in [2.45, 2.75) is 6.61 Å². The zero-order chi connectivity index (χ0) is 20.5. The Bertz CT molecular complexity index is 854. The number of nitrogens with zero attached hydrogens (tertiary/aromatic N) is 2. The van der Waals surface area contributed by atoms with E-state index in [9.17, 15) is 4.79 Å². The second-order valence-corrected chi connectivity index (χ2v) is 6.88. The van der Waals surface area contributed by atoms with E-state index < -0.39 is 0 Å². The van der Waals surface area contributed by atoms with Crippen molar-refractivity contribution >= 4 is 23.7 Å². The Kier molecular flexibility index (Phi) is 7.86. The summed E-state index contributed by atoms with van der Waals surface area (Å²) in [6.07, 6.45) is 1.57. The van der Waals surface area contributed by atoms with E-state index in [1.807, 2.05) is 35.2 Å². The number of nitrogens with one attached hydrogen (secondary N) is 1. The van der Waals surface area contributed by atoms with Crippen molar-refractivity contribution < 1.29 is 19.0 Å². The maximum atomic E-state index is 12.0. The van der Waals surface area contributed by atoms with Gasteiger partial charge in [-0.1, -0.05) is 29.8 Å². The zero-order valence-electron chi connectivity index (χ0n) is 16.3. The predicted molar refractivity (Wildman–Crippen MR) is 112 cm³/mol. The van der Waals surface area contributed by atoms with Gasteiger partial charge in [-0.15, -0.1) is 0 Å². The molecule has 154 valence electrons. The summed E-state index contributed by atoms with van der Waals surface area (Å²) >= 11 is 6.16. The summed E-state index contributed by atoms with van der Waals surface area (Å²) in [4.78, 5) is 14.0. The molecule has 0 aliphatic carbocycles. The van der Waals surface area contributed by atoms with Crippen molar-refractivity contribution in [1.29, 1.82) is 0 Å². The molecule has 1 amide bonds. The third kappa shape index (κ3) is 6.45. The summed E-state index contributed by atoms with van der Waals surface area (Å²) in [7, 11) is 1.57. The Balaban J connectivity index is 1.54. The molecule has 0 spiro atoms. The Morgan fingerprint density at radius 2 is 2.03 bits per heavy atom. The number of carbonyl (C=O) groups is 1. The molecule has 1 heterocycles. The molecule has 3 rings (SSSR count). The third-order valence-corrected chi connectivity index (χ3v) is 4.77. The Morgan fingerprint density at radius 3 is 2.79 bits per heavy atom. The molecule has 1 saturated heterocycles. The first-order valence-electron chi connectivity index (χ1n) is 9.32. The number of methoxy groups -OCH3 is 1. The predicted octanol–water partition coefficient (Wildman–Crippen LogP) is 2.71. The van der Waals surface area contributed by atoms with E-state index >= 15 is 0 Å². The van der Waals surface area contributed by atoms with Gasteiger partial charge in [0.15, 0.2) is 11.5 Å². The number of amides is 1. The Hall–Kier alpha value is -2.61. The molecule has 0 atom stereocenters. The lowest BCUT2D eigenvalue weighted by Crippen LogP contribution is -2.42. The Morgan fingerprint density at radius 1 is 1.24 bits per heavy atom. The number of halogens is 1. The van der Waals surface area contributed by atoms with Crippen LogP contribution in [0.3, 0.4) is 0 Å². The van der Waals surface area contributed by atoms with Gasteiger partial charge in [-0.2, -0.15) is 5.10 Å². The van der Waals surface area contributed by atoms with Crippen LogP contribution < -0.4 is 14.9 Å². The molecule has 8 heteroatoms. The topological polar surface area (TPSA) is 72.4 Å². The molecule has 0 saturated carbocycles. The molecule has 1 fully saturated rings. The molecule has 2 aromatic carbocycles. The molecule has 7 nitrogen and oxygen atoms in total. The smallest absolute Gasteiger partial charge is 0.254 e. The highest BCUT2D eigenvalue weighted by molar-refractivity contribution is 6.31. The number of ether oxygens (including phenoxy) is 3. The normalized spacial score (nSPS) is 14.7. The van der Waals surface area contributed by atoms with Gasteiger partial charge in [0.25, 0.3) is 5.91 Å². The maximum Gasteiger partial charge on any atom is 0.254 e. The lowest BCUT2D eigenvalue weighted by Gasteiger charge is -2.25. The van der Waals surface area contributed by atoms with Crippen molar-refractivity contribution in [2.24, 2.45) is 5.10 Å². The minimum absolute atomic E-state index is 0.158. The largest absolute Gasteiger partial charge is 0.493 e. The van der Waals surface area contributed by atoms with Gasteiger partial charge >= 0.3 is 0 Å². The number of hydrogen-bond acceptors (Lipinski definition) is 6. The van der Waals surface area contributed by atoms with Crippen molar-refractivity contribution in [3.05, 3.63) is 58.6 Å². The molecular weight excluding hydrogens is 394 g/mol. The van der Waals surface area contributed by atoms with Crippen LogP contribution in [-0.2, 0) is 16.1 Å². The fraction of sp³-hybridized carbons (Fsp3) is 0.333. The number of hydrogen-bond donors (Lipinski definition) is 1. The zero-order valence-corrected chi connectivity index (χ0v) is 17.0. The number of rotatable bonds is 8. The van der Waals surface area contributed by atoms with Gasteiger partial charge in [0.05, 0.1) is 33.1 Å². The number of benzene rings is 2. The molecule has 0 bridgehead atoms. The number of morpholine rings is 1. The van der Waals surface area contributed by atoms with Gasteiger partial charge in [0.2, 0.25) is 0 Å². The van der Waals surface area contributed by atoms with Gasteiger partial charge in [-0.25, -0.2) is 5.43 Å². The number of hydrazone groups is 1. The van der Waals surface area contributed by atoms with Gasteiger partial charge in [0.1, 0.15) is 6.61 Å². The third-order valence-electron chi connectivity index (χ3n) is 4.40. The van der Waals surface area contributed by atoms with E-state index in [1.54, 1.807) is 25.5 Å². The van der Waals surface area contributed by atoms with Crippen LogP contribution in [0.1, 0.15) is 11.1 Å². The minimum atomic E-state index is -0.158. The van der Waals surface area contributed by atoms with Crippen LogP contribution in [0.4, 0.5) is 0 Å². The van der Waals surface area contributed by atoms with Crippen molar-refractivity contribution in [3.63, 3.8) is 0 Å². The molecule has 0 aromatic heterocycles. The van der Waals surface area contributed by atoms with E-state index in [0.29, 0.717) is 42.9 Å². The first-order chi connectivity index (χ1) is 14.2.